The summed E-state index contributed by atoms with van der Waals surface area (Å²) in [4.78, 5) is 2.41. The van der Waals surface area contributed by atoms with Crippen LogP contribution in [-0.4, -0.2) is 41.4 Å². The SMILES string of the molecule is OC1C[C@H]2CC[C@@H](C1)N2CCCF. The molecule has 2 fully saturated rings. The summed E-state index contributed by atoms with van der Waals surface area (Å²) < 4.78 is 12.0. The van der Waals surface area contributed by atoms with E-state index in [1.54, 1.807) is 0 Å². The monoisotopic (exact) mass is 187 g/mol. The van der Waals surface area contributed by atoms with E-state index in [2.05, 4.69) is 4.90 Å². The number of alkyl halides is 1. The number of rotatable bonds is 3. The highest BCUT2D eigenvalue weighted by atomic mass is 19.1. The van der Waals surface area contributed by atoms with E-state index in [1.165, 1.54) is 12.8 Å². The maximum absolute atomic E-state index is 12.0. The van der Waals surface area contributed by atoms with Crippen LogP contribution < -0.4 is 0 Å². The Morgan fingerprint density at radius 2 is 1.85 bits per heavy atom. The molecule has 2 aliphatic heterocycles. The zero-order valence-corrected chi connectivity index (χ0v) is 7.95. The fourth-order valence-corrected chi connectivity index (χ4v) is 2.85. The summed E-state index contributed by atoms with van der Waals surface area (Å²) in [6.07, 6.45) is 4.77. The highest BCUT2D eigenvalue weighted by molar-refractivity contribution is 4.94. The molecule has 2 rings (SSSR count). The van der Waals surface area contributed by atoms with Gasteiger partial charge in [-0.3, -0.25) is 9.29 Å². The molecular formula is C10H18FNO. The Balaban J connectivity index is 1.90. The summed E-state index contributed by atoms with van der Waals surface area (Å²) in [6.45, 7) is 0.678. The Morgan fingerprint density at radius 3 is 2.38 bits per heavy atom. The van der Waals surface area contributed by atoms with Gasteiger partial charge in [0.2, 0.25) is 0 Å². The average Bonchev–Trinajstić information content (AvgIpc) is 2.33. The summed E-state index contributed by atoms with van der Waals surface area (Å²) >= 11 is 0. The van der Waals surface area contributed by atoms with Crippen molar-refractivity contribution in [3.63, 3.8) is 0 Å². The first-order chi connectivity index (χ1) is 6.31. The van der Waals surface area contributed by atoms with E-state index in [0.717, 1.165) is 19.4 Å². The van der Waals surface area contributed by atoms with Crippen LogP contribution >= 0.6 is 0 Å². The van der Waals surface area contributed by atoms with Gasteiger partial charge in [0.15, 0.2) is 0 Å². The van der Waals surface area contributed by atoms with Crippen molar-refractivity contribution >= 4 is 0 Å². The van der Waals surface area contributed by atoms with Crippen molar-refractivity contribution < 1.29 is 9.50 Å². The van der Waals surface area contributed by atoms with Gasteiger partial charge in [-0.1, -0.05) is 0 Å². The molecule has 0 aromatic carbocycles. The number of aliphatic hydroxyl groups excluding tert-OH is 1. The first-order valence-corrected chi connectivity index (χ1v) is 5.31. The molecule has 3 atom stereocenters. The Morgan fingerprint density at radius 1 is 1.23 bits per heavy atom. The Kier molecular flexibility index (Phi) is 2.84. The normalized spacial score (nSPS) is 39.7. The minimum atomic E-state index is -0.210. The Labute approximate surface area is 78.7 Å². The van der Waals surface area contributed by atoms with Crippen molar-refractivity contribution in [1.29, 1.82) is 0 Å². The molecule has 2 nitrogen and oxygen atoms in total. The van der Waals surface area contributed by atoms with Crippen LogP contribution in [0.3, 0.4) is 0 Å². The van der Waals surface area contributed by atoms with Gasteiger partial charge in [0.1, 0.15) is 0 Å². The lowest BCUT2D eigenvalue weighted by atomic mass is 10.00. The predicted molar refractivity (Wildman–Crippen MR) is 49.3 cm³/mol. The first kappa shape index (κ1) is 9.41. The third-order valence-electron chi connectivity index (χ3n) is 3.41. The number of aliphatic hydroxyl groups is 1. The first-order valence-electron chi connectivity index (χ1n) is 5.31. The van der Waals surface area contributed by atoms with Crippen LogP contribution in [-0.2, 0) is 0 Å². The van der Waals surface area contributed by atoms with Gasteiger partial charge >= 0.3 is 0 Å². The van der Waals surface area contributed by atoms with Gasteiger partial charge in [-0.05, 0) is 32.1 Å². The van der Waals surface area contributed by atoms with E-state index < -0.39 is 0 Å². The summed E-state index contributed by atoms with van der Waals surface area (Å²) in [5.74, 6) is 0. The molecule has 2 saturated heterocycles. The van der Waals surface area contributed by atoms with Gasteiger partial charge in [-0.25, -0.2) is 0 Å². The minimum Gasteiger partial charge on any atom is -0.393 e. The highest BCUT2D eigenvalue weighted by Gasteiger charge is 2.39. The van der Waals surface area contributed by atoms with E-state index in [1.807, 2.05) is 0 Å². The number of hydrogen-bond donors (Lipinski definition) is 1. The molecule has 76 valence electrons. The molecule has 0 radical (unpaired) electrons. The van der Waals surface area contributed by atoms with Gasteiger partial charge in [0.25, 0.3) is 0 Å². The van der Waals surface area contributed by atoms with Crippen LogP contribution in [0.2, 0.25) is 0 Å². The highest BCUT2D eigenvalue weighted by Crippen LogP contribution is 2.35. The second-order valence-corrected chi connectivity index (χ2v) is 4.29. The molecule has 0 spiro atoms. The van der Waals surface area contributed by atoms with Crippen LogP contribution in [0.1, 0.15) is 32.1 Å². The molecule has 0 aromatic rings. The van der Waals surface area contributed by atoms with Crippen LogP contribution in [0.15, 0.2) is 0 Å². The van der Waals surface area contributed by atoms with Crippen molar-refractivity contribution in [1.82, 2.24) is 4.90 Å². The van der Waals surface area contributed by atoms with E-state index >= 15 is 0 Å². The van der Waals surface area contributed by atoms with Crippen molar-refractivity contribution in [2.75, 3.05) is 13.2 Å². The largest absolute Gasteiger partial charge is 0.393 e. The molecule has 2 bridgehead atoms. The second kappa shape index (κ2) is 3.93. The molecule has 13 heavy (non-hydrogen) atoms. The molecule has 0 amide bonds. The van der Waals surface area contributed by atoms with Crippen molar-refractivity contribution in [2.24, 2.45) is 0 Å². The van der Waals surface area contributed by atoms with Crippen molar-refractivity contribution in [3.05, 3.63) is 0 Å². The molecule has 2 aliphatic rings. The molecule has 0 aliphatic carbocycles. The molecule has 1 N–H and O–H groups in total. The number of halogens is 1. The van der Waals surface area contributed by atoms with Gasteiger partial charge < -0.3 is 5.11 Å². The van der Waals surface area contributed by atoms with Gasteiger partial charge in [-0.2, -0.15) is 0 Å². The van der Waals surface area contributed by atoms with Crippen LogP contribution in [0.25, 0.3) is 0 Å². The maximum atomic E-state index is 12.0. The van der Waals surface area contributed by atoms with Gasteiger partial charge in [-0.15, -0.1) is 0 Å². The molecule has 0 saturated carbocycles. The second-order valence-electron chi connectivity index (χ2n) is 4.29. The molecule has 2 heterocycles. The third-order valence-corrected chi connectivity index (χ3v) is 3.41. The number of piperidine rings is 1. The van der Waals surface area contributed by atoms with Crippen LogP contribution in [0.5, 0.6) is 0 Å². The molecule has 0 aromatic heterocycles. The predicted octanol–water partition coefficient (Wildman–Crippen LogP) is 1.33. The topological polar surface area (TPSA) is 23.5 Å². The Hall–Kier alpha value is -0.150. The lowest BCUT2D eigenvalue weighted by Gasteiger charge is -2.36. The zero-order valence-electron chi connectivity index (χ0n) is 7.95. The number of fused-ring (bicyclic) bond motifs is 2. The molecular weight excluding hydrogens is 169 g/mol. The van der Waals surface area contributed by atoms with E-state index in [-0.39, 0.29) is 12.8 Å². The standard InChI is InChI=1S/C10H18FNO/c11-4-1-5-12-8-2-3-9(12)7-10(13)6-8/h8-10,13H,1-7H2/t8-,9+,10?. The summed E-state index contributed by atoms with van der Waals surface area (Å²) in [7, 11) is 0. The van der Waals surface area contributed by atoms with E-state index in [9.17, 15) is 9.50 Å². The lowest BCUT2D eigenvalue weighted by Crippen LogP contribution is -2.45. The van der Waals surface area contributed by atoms with Crippen LogP contribution in [0, 0.1) is 0 Å². The smallest absolute Gasteiger partial charge is 0.0906 e. The summed E-state index contributed by atoms with van der Waals surface area (Å²) in [6, 6.07) is 1.08. The number of hydrogen-bond acceptors (Lipinski definition) is 2. The maximum Gasteiger partial charge on any atom is 0.0906 e. The van der Waals surface area contributed by atoms with Crippen molar-refractivity contribution in [3.8, 4) is 0 Å². The fourth-order valence-electron chi connectivity index (χ4n) is 2.85. The molecule has 3 heteroatoms. The van der Waals surface area contributed by atoms with Crippen molar-refractivity contribution in [2.45, 2.75) is 50.3 Å². The van der Waals surface area contributed by atoms with E-state index in [4.69, 9.17) is 0 Å². The zero-order chi connectivity index (χ0) is 9.26. The van der Waals surface area contributed by atoms with Crippen LogP contribution in [0.4, 0.5) is 4.39 Å². The van der Waals surface area contributed by atoms with Gasteiger partial charge in [0, 0.05) is 18.6 Å². The third kappa shape index (κ3) is 1.86. The lowest BCUT2D eigenvalue weighted by molar-refractivity contribution is 0.0341. The number of nitrogens with zero attached hydrogens (tertiary/aromatic N) is 1. The molecule has 1 unspecified atom stereocenters. The van der Waals surface area contributed by atoms with E-state index in [0.29, 0.717) is 18.5 Å². The minimum absolute atomic E-state index is 0.0980. The average molecular weight is 187 g/mol. The van der Waals surface area contributed by atoms with Gasteiger partial charge in [0.05, 0.1) is 12.8 Å². The Bertz CT molecular complexity index is 162. The summed E-state index contributed by atoms with van der Waals surface area (Å²) in [5, 5.41) is 9.53. The quantitative estimate of drug-likeness (QED) is 0.720. The summed E-state index contributed by atoms with van der Waals surface area (Å²) in [5.41, 5.74) is 0. The fraction of sp³-hybridized carbons (Fsp3) is 1.00.